The molecule has 5 heteroatoms. The van der Waals surface area contributed by atoms with Crippen LogP contribution in [0.15, 0.2) is 59.5 Å². The van der Waals surface area contributed by atoms with Crippen LogP contribution < -0.4 is 9.46 Å². The highest BCUT2D eigenvalue weighted by atomic mass is 32.2. The highest BCUT2D eigenvalue weighted by molar-refractivity contribution is 7.89. The van der Waals surface area contributed by atoms with E-state index in [9.17, 15) is 8.42 Å². The zero-order valence-electron chi connectivity index (χ0n) is 12.1. The smallest absolute Gasteiger partial charge is 0.240 e. The minimum atomic E-state index is -3.47. The number of para-hydroxylation sites is 1. The summed E-state index contributed by atoms with van der Waals surface area (Å²) in [5, 5.41) is 0. The summed E-state index contributed by atoms with van der Waals surface area (Å²) in [6, 6.07) is 15.7. The Morgan fingerprint density at radius 1 is 1.00 bits per heavy atom. The van der Waals surface area contributed by atoms with Crippen molar-refractivity contribution in [3.63, 3.8) is 0 Å². The Morgan fingerprint density at radius 2 is 1.57 bits per heavy atom. The molecule has 0 spiro atoms. The first kappa shape index (κ1) is 15.5. The van der Waals surface area contributed by atoms with E-state index in [1.165, 1.54) is 0 Å². The van der Waals surface area contributed by atoms with E-state index in [4.69, 9.17) is 4.74 Å². The van der Waals surface area contributed by atoms with Crippen LogP contribution in [0.4, 0.5) is 0 Å². The summed E-state index contributed by atoms with van der Waals surface area (Å²) in [6.45, 7) is 3.77. The fraction of sp³-hybridized carbons (Fsp3) is 0.250. The van der Waals surface area contributed by atoms with Crippen molar-refractivity contribution in [2.24, 2.45) is 0 Å². The molecule has 0 heterocycles. The number of benzene rings is 2. The van der Waals surface area contributed by atoms with E-state index in [1.54, 1.807) is 24.3 Å². The van der Waals surface area contributed by atoms with Crippen LogP contribution in [0.5, 0.6) is 11.5 Å². The summed E-state index contributed by atoms with van der Waals surface area (Å²) >= 11 is 0. The predicted molar refractivity (Wildman–Crippen MR) is 83.0 cm³/mol. The first-order valence-electron chi connectivity index (χ1n) is 6.86. The summed E-state index contributed by atoms with van der Waals surface area (Å²) in [7, 11) is -3.47. The summed E-state index contributed by atoms with van der Waals surface area (Å²) in [4.78, 5) is 0.239. The van der Waals surface area contributed by atoms with Gasteiger partial charge in [0, 0.05) is 6.04 Å². The Kier molecular flexibility index (Phi) is 4.98. The molecule has 0 saturated heterocycles. The minimum absolute atomic E-state index is 0.0877. The third-order valence-corrected chi connectivity index (χ3v) is 4.69. The Labute approximate surface area is 125 Å². The van der Waals surface area contributed by atoms with E-state index < -0.39 is 10.0 Å². The first-order chi connectivity index (χ1) is 10.0. The van der Waals surface area contributed by atoms with Gasteiger partial charge in [0.05, 0.1) is 4.90 Å². The standard InChI is InChI=1S/C16H19NO3S/c1-3-13(2)17-21(18,19)16-11-9-15(10-12-16)20-14-7-5-4-6-8-14/h4-13,17H,3H2,1-2H3/t13-/m0/s1. The molecule has 0 radical (unpaired) electrons. The number of ether oxygens (including phenoxy) is 1. The molecule has 2 aromatic carbocycles. The molecule has 0 amide bonds. The summed E-state index contributed by atoms with van der Waals surface area (Å²) in [5.41, 5.74) is 0. The van der Waals surface area contributed by atoms with Gasteiger partial charge in [-0.05, 0) is 49.7 Å². The number of sulfonamides is 1. The van der Waals surface area contributed by atoms with Gasteiger partial charge in [0.1, 0.15) is 11.5 Å². The molecule has 1 N–H and O–H groups in total. The average molecular weight is 305 g/mol. The van der Waals surface area contributed by atoms with Gasteiger partial charge in [-0.15, -0.1) is 0 Å². The molecule has 0 bridgehead atoms. The molecular weight excluding hydrogens is 286 g/mol. The molecule has 0 aliphatic heterocycles. The van der Waals surface area contributed by atoms with Gasteiger partial charge in [-0.3, -0.25) is 0 Å². The number of hydrogen-bond acceptors (Lipinski definition) is 3. The van der Waals surface area contributed by atoms with Crippen LogP contribution in [0, 0.1) is 0 Å². The summed E-state index contributed by atoms with van der Waals surface area (Å²) in [6.07, 6.45) is 0.744. The lowest BCUT2D eigenvalue weighted by Gasteiger charge is -2.12. The van der Waals surface area contributed by atoms with Gasteiger partial charge in [0.15, 0.2) is 0 Å². The number of hydrogen-bond donors (Lipinski definition) is 1. The van der Waals surface area contributed by atoms with E-state index in [-0.39, 0.29) is 10.9 Å². The van der Waals surface area contributed by atoms with Gasteiger partial charge in [-0.25, -0.2) is 13.1 Å². The predicted octanol–water partition coefficient (Wildman–Crippen LogP) is 3.56. The van der Waals surface area contributed by atoms with Gasteiger partial charge in [0.25, 0.3) is 0 Å². The molecular formula is C16H19NO3S. The fourth-order valence-corrected chi connectivity index (χ4v) is 3.05. The average Bonchev–Trinajstić information content (AvgIpc) is 2.48. The molecule has 0 saturated carbocycles. The third kappa shape index (κ3) is 4.31. The first-order valence-corrected chi connectivity index (χ1v) is 8.35. The van der Waals surface area contributed by atoms with E-state index in [2.05, 4.69) is 4.72 Å². The van der Waals surface area contributed by atoms with Gasteiger partial charge in [0.2, 0.25) is 10.0 Å². The van der Waals surface area contributed by atoms with Crippen LogP contribution in [-0.4, -0.2) is 14.5 Å². The lowest BCUT2D eigenvalue weighted by molar-refractivity contribution is 0.482. The van der Waals surface area contributed by atoms with Crippen molar-refractivity contribution in [3.8, 4) is 11.5 Å². The molecule has 2 rings (SSSR count). The minimum Gasteiger partial charge on any atom is -0.457 e. The molecule has 2 aromatic rings. The lowest BCUT2D eigenvalue weighted by atomic mass is 10.3. The van der Waals surface area contributed by atoms with Gasteiger partial charge in [-0.1, -0.05) is 25.1 Å². The maximum Gasteiger partial charge on any atom is 0.240 e. The van der Waals surface area contributed by atoms with Crippen molar-refractivity contribution in [2.75, 3.05) is 0 Å². The number of rotatable bonds is 6. The van der Waals surface area contributed by atoms with Gasteiger partial charge < -0.3 is 4.74 Å². The van der Waals surface area contributed by atoms with Crippen LogP contribution >= 0.6 is 0 Å². The maximum atomic E-state index is 12.1. The summed E-state index contributed by atoms with van der Waals surface area (Å²) in [5.74, 6) is 1.31. The van der Waals surface area contributed by atoms with Gasteiger partial charge in [-0.2, -0.15) is 0 Å². The SMILES string of the molecule is CC[C@H](C)NS(=O)(=O)c1ccc(Oc2ccccc2)cc1. The highest BCUT2D eigenvalue weighted by Gasteiger charge is 2.16. The lowest BCUT2D eigenvalue weighted by Crippen LogP contribution is -2.31. The third-order valence-electron chi connectivity index (χ3n) is 3.08. The molecule has 21 heavy (non-hydrogen) atoms. The Balaban J connectivity index is 2.12. The largest absolute Gasteiger partial charge is 0.457 e. The quantitative estimate of drug-likeness (QED) is 0.888. The molecule has 4 nitrogen and oxygen atoms in total. The van der Waals surface area contributed by atoms with Gasteiger partial charge >= 0.3 is 0 Å². The topological polar surface area (TPSA) is 55.4 Å². The Hall–Kier alpha value is -1.85. The van der Waals surface area contributed by atoms with Crippen LogP contribution in [0.2, 0.25) is 0 Å². The molecule has 0 aliphatic carbocycles. The molecule has 112 valence electrons. The van der Waals surface area contributed by atoms with E-state index >= 15 is 0 Å². The van der Waals surface area contributed by atoms with Crippen molar-refractivity contribution in [3.05, 3.63) is 54.6 Å². The van der Waals surface area contributed by atoms with Crippen molar-refractivity contribution in [1.29, 1.82) is 0 Å². The van der Waals surface area contributed by atoms with E-state index in [0.717, 1.165) is 6.42 Å². The monoisotopic (exact) mass is 305 g/mol. The second-order valence-electron chi connectivity index (χ2n) is 4.82. The van der Waals surface area contributed by atoms with Crippen molar-refractivity contribution < 1.29 is 13.2 Å². The van der Waals surface area contributed by atoms with Crippen molar-refractivity contribution in [2.45, 2.75) is 31.2 Å². The second kappa shape index (κ2) is 6.74. The Bertz CT molecular complexity index is 666. The van der Waals surface area contributed by atoms with Crippen molar-refractivity contribution >= 4 is 10.0 Å². The highest BCUT2D eigenvalue weighted by Crippen LogP contribution is 2.22. The molecule has 1 atom stereocenters. The Morgan fingerprint density at radius 3 is 2.14 bits per heavy atom. The summed E-state index contributed by atoms with van der Waals surface area (Å²) < 4.78 is 32.5. The number of nitrogens with one attached hydrogen (secondary N) is 1. The molecule has 0 fully saturated rings. The zero-order valence-corrected chi connectivity index (χ0v) is 12.9. The second-order valence-corrected chi connectivity index (χ2v) is 6.53. The van der Waals surface area contributed by atoms with E-state index in [0.29, 0.717) is 11.5 Å². The fourth-order valence-electron chi connectivity index (χ4n) is 1.73. The normalized spacial score (nSPS) is 12.9. The zero-order chi connectivity index (χ0) is 15.3. The van der Waals surface area contributed by atoms with Crippen LogP contribution in [0.3, 0.4) is 0 Å². The molecule has 0 unspecified atom stereocenters. The van der Waals surface area contributed by atoms with Crippen LogP contribution in [0.1, 0.15) is 20.3 Å². The maximum absolute atomic E-state index is 12.1. The van der Waals surface area contributed by atoms with Crippen molar-refractivity contribution in [1.82, 2.24) is 4.72 Å². The molecule has 0 aliphatic rings. The van der Waals surface area contributed by atoms with Crippen LogP contribution in [-0.2, 0) is 10.0 Å². The van der Waals surface area contributed by atoms with Crippen LogP contribution in [0.25, 0.3) is 0 Å². The molecule has 0 aromatic heterocycles. The van der Waals surface area contributed by atoms with E-state index in [1.807, 2.05) is 44.2 Å².